The summed E-state index contributed by atoms with van der Waals surface area (Å²) in [6.07, 6.45) is 3.99. The van der Waals surface area contributed by atoms with Gasteiger partial charge in [-0.3, -0.25) is 9.98 Å². The first kappa shape index (κ1) is 24.2. The molecule has 11 heteroatoms. The molecular weight excluding hydrogens is 479 g/mol. The molecule has 0 bridgehead atoms. The number of aromatic nitrogens is 4. The van der Waals surface area contributed by atoms with Crippen molar-refractivity contribution in [2.24, 2.45) is 10.7 Å². The molecule has 0 fully saturated rings. The van der Waals surface area contributed by atoms with Crippen LogP contribution in [-0.4, -0.2) is 33.2 Å². The molecule has 0 aliphatic heterocycles. The number of hydrogen-bond acceptors (Lipinski definition) is 6. The molecule has 0 amide bonds. The van der Waals surface area contributed by atoms with Gasteiger partial charge in [0.25, 0.3) is 0 Å². The number of hydrogen-bond donors (Lipinski definition) is 3. The van der Waals surface area contributed by atoms with Crippen molar-refractivity contribution in [2.75, 3.05) is 12.4 Å². The van der Waals surface area contributed by atoms with Crippen LogP contribution < -0.4 is 11.1 Å². The monoisotopic (exact) mass is 499 g/mol. The molecule has 4 aromatic heterocycles. The van der Waals surface area contributed by atoms with Crippen molar-refractivity contribution in [1.29, 1.82) is 0 Å². The van der Waals surface area contributed by atoms with E-state index >= 15 is 0 Å². The molecule has 0 atom stereocenters. The average Bonchev–Trinajstić information content (AvgIpc) is 3.24. The number of allylic oxidation sites excluding steroid dienone is 1. The molecule has 0 saturated heterocycles. The summed E-state index contributed by atoms with van der Waals surface area (Å²) < 4.78 is 38.0. The van der Waals surface area contributed by atoms with E-state index in [1.165, 1.54) is 18.5 Å². The highest BCUT2D eigenvalue weighted by molar-refractivity contribution is 6.30. The van der Waals surface area contributed by atoms with Crippen molar-refractivity contribution >= 4 is 40.2 Å². The fourth-order valence-electron chi connectivity index (χ4n) is 3.50. The summed E-state index contributed by atoms with van der Waals surface area (Å²) in [5.74, 6) is 0.498. The van der Waals surface area contributed by atoms with E-state index in [-0.39, 0.29) is 6.54 Å². The summed E-state index contributed by atoms with van der Waals surface area (Å²) in [5, 5.41) is 4.30. The lowest BCUT2D eigenvalue weighted by Crippen LogP contribution is -2.09. The Labute approximate surface area is 204 Å². The first-order chi connectivity index (χ1) is 16.8. The number of fused-ring (bicyclic) bond motifs is 1. The maximum atomic E-state index is 12.7. The number of rotatable bonds is 7. The van der Waals surface area contributed by atoms with Crippen LogP contribution in [0, 0.1) is 0 Å². The zero-order valence-electron chi connectivity index (χ0n) is 18.6. The Balaban J connectivity index is 1.48. The largest absolute Gasteiger partial charge is 0.433 e. The van der Waals surface area contributed by atoms with Gasteiger partial charge in [0.1, 0.15) is 22.3 Å². The maximum Gasteiger partial charge on any atom is 0.433 e. The van der Waals surface area contributed by atoms with Crippen molar-refractivity contribution in [1.82, 2.24) is 19.9 Å². The van der Waals surface area contributed by atoms with Crippen molar-refractivity contribution in [3.05, 3.63) is 88.2 Å². The first-order valence-corrected chi connectivity index (χ1v) is 10.9. The summed E-state index contributed by atoms with van der Waals surface area (Å²) in [6.45, 7) is 0.253. The molecule has 0 aliphatic carbocycles. The molecule has 0 aromatic carbocycles. The second-order valence-electron chi connectivity index (χ2n) is 7.67. The summed E-state index contributed by atoms with van der Waals surface area (Å²) in [5.41, 5.74) is 9.51. The zero-order chi connectivity index (χ0) is 25.0. The SMILES string of the molecule is CN=CC(=CN)c1cnc2[nH]cc(Cc3ccc(NCc4ccc(C(F)(F)F)nc4)nc3Cl)c2c1. The Morgan fingerprint density at radius 2 is 2.00 bits per heavy atom. The third-order valence-corrected chi connectivity index (χ3v) is 5.62. The maximum absolute atomic E-state index is 12.7. The van der Waals surface area contributed by atoms with Crippen molar-refractivity contribution in [3.63, 3.8) is 0 Å². The van der Waals surface area contributed by atoms with Gasteiger partial charge in [0, 0.05) is 67.5 Å². The molecule has 4 rings (SSSR count). The molecule has 7 nitrogen and oxygen atoms in total. The van der Waals surface area contributed by atoms with E-state index in [0.717, 1.165) is 39.4 Å². The number of aromatic amines is 1. The van der Waals surface area contributed by atoms with Crippen LogP contribution in [0.3, 0.4) is 0 Å². The third-order valence-electron chi connectivity index (χ3n) is 5.29. The van der Waals surface area contributed by atoms with Crippen LogP contribution in [0.2, 0.25) is 5.15 Å². The minimum absolute atomic E-state index is 0.253. The lowest BCUT2D eigenvalue weighted by molar-refractivity contribution is -0.141. The van der Waals surface area contributed by atoms with E-state index in [2.05, 4.69) is 30.2 Å². The summed E-state index contributed by atoms with van der Waals surface area (Å²) in [6, 6.07) is 7.93. The molecule has 35 heavy (non-hydrogen) atoms. The summed E-state index contributed by atoms with van der Waals surface area (Å²) in [7, 11) is 1.67. The summed E-state index contributed by atoms with van der Waals surface area (Å²) >= 11 is 6.44. The number of aliphatic imine (C=N–C) groups is 1. The van der Waals surface area contributed by atoms with Gasteiger partial charge in [0.05, 0.1) is 0 Å². The quantitative estimate of drug-likeness (QED) is 0.238. The number of nitrogens with zero attached hydrogens (tertiary/aromatic N) is 4. The molecule has 0 saturated carbocycles. The van der Waals surface area contributed by atoms with Crippen LogP contribution in [0.4, 0.5) is 19.0 Å². The Morgan fingerprint density at radius 1 is 1.17 bits per heavy atom. The van der Waals surface area contributed by atoms with Gasteiger partial charge < -0.3 is 16.0 Å². The van der Waals surface area contributed by atoms with Gasteiger partial charge in [0.15, 0.2) is 0 Å². The van der Waals surface area contributed by atoms with Crippen molar-refractivity contribution in [2.45, 2.75) is 19.1 Å². The van der Waals surface area contributed by atoms with Gasteiger partial charge in [-0.15, -0.1) is 0 Å². The third kappa shape index (κ3) is 5.60. The molecule has 180 valence electrons. The molecule has 0 aliphatic rings. The fourth-order valence-corrected chi connectivity index (χ4v) is 3.72. The standard InChI is InChI=1S/C24H21ClF3N7/c1-30-11-18(8-29)16-7-19-17(13-34-23(19)33-12-16)6-15-3-5-21(35-22(15)25)32-10-14-2-4-20(31-9-14)24(26,27)28/h2-5,7-9,11-13H,6,10,29H2,1H3,(H,32,35)(H,33,34). The predicted octanol–water partition coefficient (Wildman–Crippen LogP) is 5.23. The smallest absolute Gasteiger partial charge is 0.404 e. The molecule has 0 radical (unpaired) electrons. The number of halogens is 4. The molecule has 4 heterocycles. The van der Waals surface area contributed by atoms with Crippen molar-refractivity contribution in [3.8, 4) is 0 Å². The van der Waals surface area contributed by atoms with Gasteiger partial charge >= 0.3 is 6.18 Å². The number of alkyl halides is 3. The number of H-pyrrole nitrogens is 1. The Kier molecular flexibility index (Phi) is 7.02. The molecule has 4 N–H and O–H groups in total. The highest BCUT2D eigenvalue weighted by Crippen LogP contribution is 2.28. The fraction of sp³-hybridized carbons (Fsp3) is 0.167. The van der Waals surface area contributed by atoms with E-state index in [1.54, 1.807) is 25.5 Å². The van der Waals surface area contributed by atoms with Gasteiger partial charge in [-0.1, -0.05) is 23.7 Å². The van der Waals surface area contributed by atoms with Crippen LogP contribution >= 0.6 is 11.6 Å². The van der Waals surface area contributed by atoms with Crippen LogP contribution in [0.5, 0.6) is 0 Å². The van der Waals surface area contributed by atoms with E-state index in [4.69, 9.17) is 17.3 Å². The number of pyridine rings is 3. The molecule has 0 spiro atoms. The normalized spacial score (nSPS) is 12.5. The van der Waals surface area contributed by atoms with Gasteiger partial charge in [-0.25, -0.2) is 9.97 Å². The lowest BCUT2D eigenvalue weighted by Gasteiger charge is -2.10. The number of anilines is 1. The van der Waals surface area contributed by atoms with Gasteiger partial charge in [-0.2, -0.15) is 13.2 Å². The van der Waals surface area contributed by atoms with Gasteiger partial charge in [0.2, 0.25) is 0 Å². The topological polar surface area (TPSA) is 105 Å². The second kappa shape index (κ2) is 10.1. The van der Waals surface area contributed by atoms with Crippen LogP contribution in [0.15, 0.2) is 60.1 Å². The highest BCUT2D eigenvalue weighted by atomic mass is 35.5. The van der Waals surface area contributed by atoms with Crippen LogP contribution in [-0.2, 0) is 19.1 Å². The zero-order valence-corrected chi connectivity index (χ0v) is 19.3. The van der Waals surface area contributed by atoms with Crippen molar-refractivity contribution < 1.29 is 13.2 Å². The van der Waals surface area contributed by atoms with E-state index in [1.807, 2.05) is 18.3 Å². The molecule has 4 aromatic rings. The van der Waals surface area contributed by atoms with Crippen LogP contribution in [0.1, 0.15) is 27.9 Å². The highest BCUT2D eigenvalue weighted by Gasteiger charge is 2.31. The minimum Gasteiger partial charge on any atom is -0.404 e. The van der Waals surface area contributed by atoms with E-state index in [0.29, 0.717) is 23.0 Å². The van der Waals surface area contributed by atoms with Crippen LogP contribution in [0.25, 0.3) is 16.6 Å². The Hall–Kier alpha value is -3.92. The van der Waals surface area contributed by atoms with E-state index in [9.17, 15) is 13.2 Å². The first-order valence-electron chi connectivity index (χ1n) is 10.5. The predicted molar refractivity (Wildman–Crippen MR) is 131 cm³/mol. The average molecular weight is 500 g/mol. The second-order valence-corrected chi connectivity index (χ2v) is 8.03. The Bertz CT molecular complexity index is 1390. The minimum atomic E-state index is -4.47. The molecule has 0 unspecified atom stereocenters. The number of nitrogens with two attached hydrogens (primary N) is 1. The molecular formula is C24H21ClF3N7. The lowest BCUT2D eigenvalue weighted by atomic mass is 10.0. The van der Waals surface area contributed by atoms with Gasteiger partial charge in [-0.05, 0) is 34.9 Å². The number of nitrogens with one attached hydrogen (secondary N) is 2. The van der Waals surface area contributed by atoms with E-state index < -0.39 is 11.9 Å². The Morgan fingerprint density at radius 3 is 2.66 bits per heavy atom. The summed E-state index contributed by atoms with van der Waals surface area (Å²) in [4.78, 5) is 19.5.